The van der Waals surface area contributed by atoms with Crippen LogP contribution in [-0.2, 0) is 52.3 Å². The van der Waals surface area contributed by atoms with E-state index >= 15 is 0 Å². The first-order chi connectivity index (χ1) is 22.4. The summed E-state index contributed by atoms with van der Waals surface area (Å²) in [5.74, 6) is -4.42. The van der Waals surface area contributed by atoms with Crippen molar-refractivity contribution in [3.63, 3.8) is 0 Å². The lowest BCUT2D eigenvalue weighted by atomic mass is 9.74. The first-order valence-corrected chi connectivity index (χ1v) is 16.5. The molecule has 0 unspecified atom stereocenters. The number of β-lactam (4-membered cyclic amide) rings is 1. The van der Waals surface area contributed by atoms with Crippen LogP contribution in [0.5, 0.6) is 5.75 Å². The number of nitrogens with two attached hydrogens (primary N) is 2. The van der Waals surface area contributed by atoms with E-state index in [1.807, 2.05) is 22.6 Å². The van der Waals surface area contributed by atoms with E-state index in [1.54, 1.807) is 18.2 Å². The molecule has 1 aromatic carbocycles. The number of nitrogens with zero attached hydrogens (tertiary/aromatic N) is 5. The summed E-state index contributed by atoms with van der Waals surface area (Å²) in [4.78, 5) is 59.3. The van der Waals surface area contributed by atoms with Gasteiger partial charge in [0.25, 0.3) is 12.0 Å². The molecule has 3 aromatic rings. The number of ether oxygens (including phenoxy) is 1. The van der Waals surface area contributed by atoms with Crippen LogP contribution < -0.4 is 26.2 Å². The van der Waals surface area contributed by atoms with E-state index in [1.165, 1.54) is 19.2 Å². The van der Waals surface area contributed by atoms with Gasteiger partial charge in [0.15, 0.2) is 23.2 Å². The molecule has 2 fully saturated rings. The second-order valence-corrected chi connectivity index (χ2v) is 13.8. The van der Waals surface area contributed by atoms with Gasteiger partial charge in [-0.05, 0) is 32.0 Å². The highest BCUT2D eigenvalue weighted by Crippen LogP contribution is 2.40. The van der Waals surface area contributed by atoms with Crippen LogP contribution in [0.4, 0.5) is 5.13 Å². The molecule has 19 nitrogen and oxygen atoms in total. The van der Waals surface area contributed by atoms with Gasteiger partial charge in [-0.25, -0.2) is 18.2 Å². The molecule has 0 aliphatic carbocycles. The Bertz CT molecular complexity index is 1930. The number of hydrogen-bond acceptors (Lipinski definition) is 15. The van der Waals surface area contributed by atoms with Gasteiger partial charge in [-0.1, -0.05) is 5.16 Å². The van der Waals surface area contributed by atoms with Gasteiger partial charge >= 0.3 is 5.97 Å². The molecule has 2 aliphatic heterocycles. The summed E-state index contributed by atoms with van der Waals surface area (Å²) in [6, 6.07) is 5.07. The minimum atomic E-state index is -5.25. The molecule has 2 saturated heterocycles. The number of benzene rings is 1. The van der Waals surface area contributed by atoms with Crippen LogP contribution in [0.15, 0.2) is 34.9 Å². The van der Waals surface area contributed by atoms with Gasteiger partial charge in [0.1, 0.15) is 29.0 Å². The highest BCUT2D eigenvalue weighted by atomic mass is 32.3. The molecule has 2 atom stereocenters. The fourth-order valence-electron chi connectivity index (χ4n) is 5.38. The van der Waals surface area contributed by atoms with Crippen LogP contribution in [0.25, 0.3) is 10.9 Å². The fraction of sp³-hybridized carbons (Fsp3) is 0.444. The van der Waals surface area contributed by atoms with E-state index in [0.717, 1.165) is 22.2 Å². The molecule has 2 amide bonds. The number of primary amides is 1. The number of carboxylic acids is 1. The number of fused-ring (bicyclic) bond motifs is 1. The maximum Gasteiger partial charge on any atom is 0.351 e. The standard InChI is InChI=1S/C27H32N8O11S2/c1-26(2)16(22(37)35(26)46-48(41,42)43)7-19(36)21(17-10-47-25(29)31-17)32-45-20(23(38)39)9-44-15-4-5-18-14(6-15)8-34(33(18)3)13-27(24(28)40)11-30-12-27/h4-6,8,10,16,20,30H,7,9,11-13H2,1-3H3,(H5-,28,29,31,38,39,40,41,42,43)/b32-21-/t16-,20+/m1/s1. The number of ketones is 1. The van der Waals surface area contributed by atoms with Crippen molar-refractivity contribution in [1.82, 2.24) is 20.0 Å². The Balaban J connectivity index is 1.30. The van der Waals surface area contributed by atoms with Gasteiger partial charge in [0.2, 0.25) is 22.5 Å². The van der Waals surface area contributed by atoms with Crippen molar-refractivity contribution in [2.75, 3.05) is 25.4 Å². The zero-order valence-corrected chi connectivity index (χ0v) is 27.4. The third-order valence-electron chi connectivity index (χ3n) is 8.34. The average Bonchev–Trinajstić information content (AvgIpc) is 3.54. The minimum Gasteiger partial charge on any atom is -0.724 e. The molecular formula is C27H32N8O11S2. The number of nitrogens with one attached hydrogen (secondary N) is 1. The summed E-state index contributed by atoms with van der Waals surface area (Å²) in [6.45, 7) is 3.53. The average molecular weight is 709 g/mol. The van der Waals surface area contributed by atoms with Gasteiger partial charge in [-0.3, -0.25) is 14.4 Å². The lowest BCUT2D eigenvalue weighted by Gasteiger charge is -2.51. The number of rotatable bonds is 15. The molecule has 258 valence electrons. The Kier molecular flexibility index (Phi) is 9.18. The van der Waals surface area contributed by atoms with Gasteiger partial charge in [-0.2, -0.15) is 14.0 Å². The molecule has 4 heterocycles. The first kappa shape index (κ1) is 34.6. The zero-order chi connectivity index (χ0) is 35.2. The van der Waals surface area contributed by atoms with Crippen molar-refractivity contribution in [3.8, 4) is 5.75 Å². The number of thiazole rings is 1. The Morgan fingerprint density at radius 2 is 2.02 bits per heavy atom. The summed E-state index contributed by atoms with van der Waals surface area (Å²) in [5, 5.41) is 19.2. The summed E-state index contributed by atoms with van der Waals surface area (Å²) < 4.78 is 46.7. The number of carboxylic acid groups (broad SMARTS) is 1. The number of aromatic nitrogens is 3. The van der Waals surface area contributed by atoms with Crippen molar-refractivity contribution in [2.24, 2.45) is 29.3 Å². The Labute approximate surface area is 276 Å². The number of aliphatic carboxylic acids is 1. The predicted octanol–water partition coefficient (Wildman–Crippen LogP) is -1.58. The molecule has 2 aliphatic rings. The molecule has 21 heteroatoms. The number of amides is 2. The summed E-state index contributed by atoms with van der Waals surface area (Å²) in [6.07, 6.45) is -0.418. The van der Waals surface area contributed by atoms with Crippen LogP contribution >= 0.6 is 11.3 Å². The van der Waals surface area contributed by atoms with Gasteiger partial charge in [0.05, 0.1) is 23.9 Å². The normalized spacial score (nSPS) is 19.3. The molecule has 0 radical (unpaired) electrons. The van der Waals surface area contributed by atoms with E-state index in [2.05, 4.69) is 19.7 Å². The minimum absolute atomic E-state index is 0.0500. The second kappa shape index (κ2) is 12.7. The molecule has 0 bridgehead atoms. The number of aryl methyl sites for hydroxylation is 1. The number of carbonyl (C=O) groups is 4. The van der Waals surface area contributed by atoms with Crippen molar-refractivity contribution < 1.29 is 55.8 Å². The quantitative estimate of drug-likeness (QED) is 0.0347. The smallest absolute Gasteiger partial charge is 0.351 e. The predicted molar refractivity (Wildman–Crippen MR) is 163 cm³/mol. The van der Waals surface area contributed by atoms with Crippen molar-refractivity contribution in [3.05, 3.63) is 35.5 Å². The number of oxime groups is 1. The highest BCUT2D eigenvalue weighted by Gasteiger charge is 2.57. The van der Waals surface area contributed by atoms with Crippen molar-refractivity contribution in [1.29, 1.82) is 0 Å². The molecule has 48 heavy (non-hydrogen) atoms. The van der Waals surface area contributed by atoms with Crippen molar-refractivity contribution in [2.45, 2.75) is 38.5 Å². The number of hydroxylamine groups is 2. The van der Waals surface area contributed by atoms with Crippen LogP contribution in [0, 0.1) is 11.3 Å². The number of nitrogen functional groups attached to an aromatic ring is 1. The zero-order valence-electron chi connectivity index (χ0n) is 25.8. The molecule has 0 saturated carbocycles. The lowest BCUT2D eigenvalue weighted by molar-refractivity contribution is -0.780. The largest absolute Gasteiger partial charge is 0.724 e. The summed E-state index contributed by atoms with van der Waals surface area (Å²) >= 11 is 0.967. The molecule has 5 rings (SSSR count). The molecule has 6 N–H and O–H groups in total. The van der Waals surface area contributed by atoms with Crippen LogP contribution in [-0.4, -0.2) is 93.4 Å². The SMILES string of the molecule is Cn1c2ccc(OC[C@H](O/N=C(\C(=O)C[C@@H]3C(=O)N(OS(=O)(=O)[O-])C3(C)C)c3csc(N)n3)C(=O)O)cc2c[n+]1CC1(C(N)=O)CNC1. The summed E-state index contributed by atoms with van der Waals surface area (Å²) in [5.41, 5.74) is 9.60. The summed E-state index contributed by atoms with van der Waals surface area (Å²) in [7, 11) is -3.43. The van der Waals surface area contributed by atoms with E-state index < -0.39 is 75.7 Å². The van der Waals surface area contributed by atoms with Gasteiger partial charge < -0.3 is 36.0 Å². The topological polar surface area (TPSA) is 275 Å². The second-order valence-electron chi connectivity index (χ2n) is 11.9. The third-order valence-corrected chi connectivity index (χ3v) is 9.35. The van der Waals surface area contributed by atoms with Crippen LogP contribution in [0.3, 0.4) is 0 Å². The van der Waals surface area contributed by atoms with Gasteiger partial charge in [0, 0.05) is 24.9 Å². The Morgan fingerprint density at radius 3 is 2.56 bits per heavy atom. The van der Waals surface area contributed by atoms with Crippen LogP contribution in [0.2, 0.25) is 0 Å². The molecule has 0 spiro atoms. The number of carbonyl (C=O) groups excluding carboxylic acids is 3. The maximum atomic E-state index is 13.4. The Morgan fingerprint density at radius 1 is 1.31 bits per heavy atom. The number of Topliss-reactive ketones (excluding diaryl/α,β-unsaturated/α-hetero) is 1. The van der Waals surface area contributed by atoms with Crippen molar-refractivity contribution >= 4 is 67.0 Å². The lowest BCUT2D eigenvalue weighted by Crippen LogP contribution is -2.68. The highest BCUT2D eigenvalue weighted by molar-refractivity contribution is 7.80. The number of hydrogen-bond donors (Lipinski definition) is 4. The Hall–Kier alpha value is -4.70. The third kappa shape index (κ3) is 6.80. The maximum absolute atomic E-state index is 13.4. The number of anilines is 1. The fourth-order valence-corrected chi connectivity index (χ4v) is 6.37. The van der Waals surface area contributed by atoms with E-state index in [-0.39, 0.29) is 10.8 Å². The van der Waals surface area contributed by atoms with Crippen LogP contribution in [0.1, 0.15) is 26.0 Å². The van der Waals surface area contributed by atoms with E-state index in [9.17, 15) is 37.3 Å². The first-order valence-electron chi connectivity index (χ1n) is 14.3. The monoisotopic (exact) mass is 708 g/mol. The molecular weight excluding hydrogens is 676 g/mol. The van der Waals surface area contributed by atoms with E-state index in [0.29, 0.717) is 30.4 Å². The molecule has 2 aromatic heterocycles. The van der Waals surface area contributed by atoms with E-state index in [4.69, 9.17) is 21.0 Å². The van der Waals surface area contributed by atoms with Gasteiger partial charge in [-0.15, -0.1) is 16.0 Å².